The van der Waals surface area contributed by atoms with Crippen LogP contribution in [0.5, 0.6) is 0 Å². The fraction of sp³-hybridized carbons (Fsp3) is 0.250. The molecule has 0 aliphatic heterocycles. The topological polar surface area (TPSA) is 12.0 Å². The van der Waals surface area contributed by atoms with Gasteiger partial charge in [0.25, 0.3) is 0 Å². The Morgan fingerprint density at radius 3 is 2.11 bits per heavy atom. The van der Waals surface area contributed by atoms with Crippen LogP contribution >= 0.6 is 0 Å². The van der Waals surface area contributed by atoms with Gasteiger partial charge in [0.15, 0.2) is 0 Å². The summed E-state index contributed by atoms with van der Waals surface area (Å²) in [4.78, 5) is 0. The summed E-state index contributed by atoms with van der Waals surface area (Å²) >= 11 is 0. The van der Waals surface area contributed by atoms with Gasteiger partial charge in [0.05, 0.1) is 6.04 Å². The van der Waals surface area contributed by atoms with E-state index >= 15 is 0 Å². The molecule has 0 saturated heterocycles. The quantitative estimate of drug-likeness (QED) is 0.865. The zero-order valence-electron chi connectivity index (χ0n) is 11.0. The van der Waals surface area contributed by atoms with Crippen LogP contribution in [0, 0.1) is 19.7 Å². The van der Waals surface area contributed by atoms with Crippen LogP contribution in [0.15, 0.2) is 42.5 Å². The number of hydrogen-bond acceptors (Lipinski definition) is 1. The van der Waals surface area contributed by atoms with E-state index in [1.54, 1.807) is 6.07 Å². The van der Waals surface area contributed by atoms with Gasteiger partial charge in [-0.3, -0.25) is 0 Å². The monoisotopic (exact) mass is 243 g/mol. The Morgan fingerprint density at radius 1 is 0.944 bits per heavy atom. The molecule has 2 heteroatoms. The standard InChI is InChI=1S/C16H18FN/c1-11-7-6-8-12(2)15(11)16(18-3)13-9-4-5-10-14(13)17/h4-10,16,18H,1-3H3. The SMILES string of the molecule is CNC(c1ccccc1F)c1c(C)cccc1C. The zero-order valence-corrected chi connectivity index (χ0v) is 11.0. The number of aryl methyl sites for hydroxylation is 2. The van der Waals surface area contributed by atoms with Gasteiger partial charge in [0.2, 0.25) is 0 Å². The molecule has 0 aromatic heterocycles. The third-order valence-corrected chi connectivity index (χ3v) is 3.34. The lowest BCUT2D eigenvalue weighted by Crippen LogP contribution is -2.21. The predicted molar refractivity (Wildman–Crippen MR) is 73.2 cm³/mol. The second kappa shape index (κ2) is 5.32. The van der Waals surface area contributed by atoms with Crippen LogP contribution in [0.1, 0.15) is 28.3 Å². The van der Waals surface area contributed by atoms with Crippen LogP contribution in [0.25, 0.3) is 0 Å². The van der Waals surface area contributed by atoms with Crippen LogP contribution in [0.4, 0.5) is 4.39 Å². The minimum absolute atomic E-state index is 0.104. The molecule has 2 aromatic carbocycles. The molecule has 0 heterocycles. The van der Waals surface area contributed by atoms with E-state index in [4.69, 9.17) is 0 Å². The summed E-state index contributed by atoms with van der Waals surface area (Å²) < 4.78 is 13.9. The van der Waals surface area contributed by atoms with E-state index in [0.29, 0.717) is 5.56 Å². The maximum atomic E-state index is 13.9. The highest BCUT2D eigenvalue weighted by Crippen LogP contribution is 2.28. The second-order valence-corrected chi connectivity index (χ2v) is 4.55. The first kappa shape index (κ1) is 12.8. The molecule has 0 aliphatic rings. The van der Waals surface area contributed by atoms with Gasteiger partial charge < -0.3 is 5.32 Å². The zero-order chi connectivity index (χ0) is 13.1. The van der Waals surface area contributed by atoms with E-state index in [1.165, 1.54) is 17.2 Å². The van der Waals surface area contributed by atoms with Crippen LogP contribution < -0.4 is 5.32 Å². The average Bonchev–Trinajstić information content (AvgIpc) is 2.35. The maximum Gasteiger partial charge on any atom is 0.128 e. The van der Waals surface area contributed by atoms with Crippen molar-refractivity contribution in [3.05, 3.63) is 70.5 Å². The van der Waals surface area contributed by atoms with Gasteiger partial charge in [0, 0.05) is 5.56 Å². The summed E-state index contributed by atoms with van der Waals surface area (Å²) in [6.07, 6.45) is 0. The molecule has 0 fully saturated rings. The largest absolute Gasteiger partial charge is 0.309 e. The molecule has 1 atom stereocenters. The number of halogens is 1. The molecule has 0 bridgehead atoms. The van der Waals surface area contributed by atoms with Crippen molar-refractivity contribution in [1.29, 1.82) is 0 Å². The number of hydrogen-bond donors (Lipinski definition) is 1. The number of nitrogens with one attached hydrogen (secondary N) is 1. The molecule has 0 spiro atoms. The van der Waals surface area contributed by atoms with Gasteiger partial charge in [-0.25, -0.2) is 4.39 Å². The Morgan fingerprint density at radius 2 is 1.56 bits per heavy atom. The Hall–Kier alpha value is -1.67. The van der Waals surface area contributed by atoms with E-state index in [2.05, 4.69) is 31.3 Å². The van der Waals surface area contributed by atoms with Crippen molar-refractivity contribution in [2.24, 2.45) is 0 Å². The van der Waals surface area contributed by atoms with Crippen molar-refractivity contribution in [3.8, 4) is 0 Å². The fourth-order valence-electron chi connectivity index (χ4n) is 2.45. The lowest BCUT2D eigenvalue weighted by Gasteiger charge is -2.22. The molecule has 0 amide bonds. The van der Waals surface area contributed by atoms with Gasteiger partial charge in [-0.15, -0.1) is 0 Å². The van der Waals surface area contributed by atoms with Crippen molar-refractivity contribution in [3.63, 3.8) is 0 Å². The smallest absolute Gasteiger partial charge is 0.128 e. The summed E-state index contributed by atoms with van der Waals surface area (Å²) in [6.45, 7) is 4.13. The molecule has 0 saturated carbocycles. The normalized spacial score (nSPS) is 12.4. The van der Waals surface area contributed by atoms with Gasteiger partial charge in [-0.2, -0.15) is 0 Å². The van der Waals surface area contributed by atoms with E-state index in [-0.39, 0.29) is 11.9 Å². The molecular weight excluding hydrogens is 225 g/mol. The Kier molecular flexibility index (Phi) is 3.78. The van der Waals surface area contributed by atoms with Crippen molar-refractivity contribution >= 4 is 0 Å². The van der Waals surface area contributed by atoms with E-state index < -0.39 is 0 Å². The highest BCUT2D eigenvalue weighted by molar-refractivity contribution is 5.42. The van der Waals surface area contributed by atoms with Crippen LogP contribution in [0.2, 0.25) is 0 Å². The highest BCUT2D eigenvalue weighted by Gasteiger charge is 2.18. The van der Waals surface area contributed by atoms with Crippen LogP contribution in [-0.4, -0.2) is 7.05 Å². The van der Waals surface area contributed by atoms with E-state index in [0.717, 1.165) is 5.56 Å². The fourth-order valence-corrected chi connectivity index (χ4v) is 2.45. The molecule has 0 aliphatic carbocycles. The molecule has 2 rings (SSSR count). The summed E-state index contributed by atoms with van der Waals surface area (Å²) in [5, 5.41) is 3.22. The van der Waals surface area contributed by atoms with Gasteiger partial charge in [0.1, 0.15) is 5.82 Å². The molecule has 1 unspecified atom stereocenters. The third-order valence-electron chi connectivity index (χ3n) is 3.34. The summed E-state index contributed by atoms with van der Waals surface area (Å²) in [7, 11) is 1.86. The lowest BCUT2D eigenvalue weighted by molar-refractivity contribution is 0.574. The van der Waals surface area contributed by atoms with Crippen molar-refractivity contribution in [1.82, 2.24) is 5.32 Å². The third kappa shape index (κ3) is 2.29. The van der Waals surface area contributed by atoms with E-state index in [1.807, 2.05) is 25.2 Å². The van der Waals surface area contributed by atoms with Gasteiger partial charge >= 0.3 is 0 Å². The molecule has 1 nitrogen and oxygen atoms in total. The predicted octanol–water partition coefficient (Wildman–Crippen LogP) is 3.75. The highest BCUT2D eigenvalue weighted by atomic mass is 19.1. The Balaban J connectivity index is 2.56. The van der Waals surface area contributed by atoms with E-state index in [9.17, 15) is 4.39 Å². The lowest BCUT2D eigenvalue weighted by atomic mass is 9.91. The van der Waals surface area contributed by atoms with Gasteiger partial charge in [-0.05, 0) is 43.7 Å². The summed E-state index contributed by atoms with van der Waals surface area (Å²) in [6, 6.07) is 13.0. The van der Waals surface area contributed by atoms with Crippen LogP contribution in [-0.2, 0) is 0 Å². The second-order valence-electron chi connectivity index (χ2n) is 4.55. The number of benzene rings is 2. The Labute approximate surface area is 108 Å². The van der Waals surface area contributed by atoms with Crippen molar-refractivity contribution in [2.75, 3.05) is 7.05 Å². The molecule has 1 N–H and O–H groups in total. The molecular formula is C16H18FN. The first-order valence-electron chi connectivity index (χ1n) is 6.13. The van der Waals surface area contributed by atoms with Gasteiger partial charge in [-0.1, -0.05) is 36.4 Å². The minimum Gasteiger partial charge on any atom is -0.309 e. The summed E-state index contributed by atoms with van der Waals surface area (Å²) in [5.41, 5.74) is 4.21. The molecule has 2 aromatic rings. The minimum atomic E-state index is -0.167. The van der Waals surface area contributed by atoms with Crippen LogP contribution in [0.3, 0.4) is 0 Å². The maximum absolute atomic E-state index is 13.9. The first-order chi connectivity index (χ1) is 8.65. The molecule has 18 heavy (non-hydrogen) atoms. The van der Waals surface area contributed by atoms with Crippen molar-refractivity contribution < 1.29 is 4.39 Å². The number of rotatable bonds is 3. The van der Waals surface area contributed by atoms with Crippen molar-refractivity contribution in [2.45, 2.75) is 19.9 Å². The first-order valence-corrected chi connectivity index (χ1v) is 6.13. The Bertz CT molecular complexity index is 528. The molecule has 0 radical (unpaired) electrons. The average molecular weight is 243 g/mol. The summed E-state index contributed by atoms with van der Waals surface area (Å²) in [5.74, 6) is -0.167. The molecule has 94 valence electrons.